The van der Waals surface area contributed by atoms with Crippen LogP contribution in [-0.4, -0.2) is 23.3 Å². The summed E-state index contributed by atoms with van der Waals surface area (Å²) in [4.78, 5) is 27.4. The molecular formula is C19H29NO2. The van der Waals surface area contributed by atoms with Crippen LogP contribution in [0.1, 0.15) is 59.3 Å². The Bertz CT molecular complexity index is 512. The van der Waals surface area contributed by atoms with Crippen LogP contribution in [-0.2, 0) is 9.59 Å². The molecule has 4 rings (SSSR count). The zero-order valence-electron chi connectivity index (χ0n) is 14.2. The first-order chi connectivity index (χ1) is 10.5. The summed E-state index contributed by atoms with van der Waals surface area (Å²) in [5, 5.41) is 0. The molecule has 0 aromatic carbocycles. The van der Waals surface area contributed by atoms with Crippen molar-refractivity contribution in [2.24, 2.45) is 40.9 Å². The minimum atomic E-state index is -0.403. The van der Waals surface area contributed by atoms with Crippen molar-refractivity contribution in [3.63, 3.8) is 0 Å². The quantitative estimate of drug-likeness (QED) is 0.783. The van der Waals surface area contributed by atoms with Crippen molar-refractivity contribution in [3.8, 4) is 0 Å². The van der Waals surface area contributed by atoms with Crippen LogP contribution in [0, 0.1) is 40.9 Å². The van der Waals surface area contributed by atoms with E-state index in [-0.39, 0.29) is 17.7 Å². The molecule has 1 saturated heterocycles. The summed E-state index contributed by atoms with van der Waals surface area (Å²) in [5.74, 6) is 3.88. The number of imide groups is 1. The number of nitrogens with zero attached hydrogens (tertiary/aromatic N) is 1. The van der Waals surface area contributed by atoms with E-state index in [9.17, 15) is 9.59 Å². The highest BCUT2D eigenvalue weighted by atomic mass is 16.2. The Kier molecular flexibility index (Phi) is 3.22. The fourth-order valence-electron chi connectivity index (χ4n) is 6.20. The zero-order valence-corrected chi connectivity index (χ0v) is 14.2. The molecule has 0 N–H and O–H groups in total. The Hall–Kier alpha value is -0.860. The van der Waals surface area contributed by atoms with Crippen LogP contribution in [0.2, 0.25) is 0 Å². The number of rotatable bonds is 2. The lowest BCUT2D eigenvalue weighted by atomic mass is 9.64. The molecule has 3 aliphatic carbocycles. The summed E-state index contributed by atoms with van der Waals surface area (Å²) in [6.45, 7) is 6.71. The van der Waals surface area contributed by atoms with Crippen molar-refractivity contribution < 1.29 is 9.59 Å². The second-order valence-corrected chi connectivity index (χ2v) is 8.86. The molecular weight excluding hydrogens is 274 g/mol. The van der Waals surface area contributed by atoms with Gasteiger partial charge < -0.3 is 0 Å². The number of likely N-dealkylation sites (tertiary alicyclic amines) is 1. The SMILES string of the molecule is CCC(C)(C)C(=O)N1CC2C3CC(C4CCCCC43)C2C1=O. The first-order valence-electron chi connectivity index (χ1n) is 9.31. The lowest BCUT2D eigenvalue weighted by Crippen LogP contribution is -2.43. The molecule has 6 unspecified atom stereocenters. The molecule has 22 heavy (non-hydrogen) atoms. The minimum absolute atomic E-state index is 0.0665. The van der Waals surface area contributed by atoms with Gasteiger partial charge in [-0.1, -0.05) is 33.6 Å². The molecule has 1 aliphatic heterocycles. The van der Waals surface area contributed by atoms with Crippen LogP contribution in [0.4, 0.5) is 0 Å². The molecule has 122 valence electrons. The van der Waals surface area contributed by atoms with Gasteiger partial charge in [-0.05, 0) is 55.3 Å². The van der Waals surface area contributed by atoms with Gasteiger partial charge in [-0.3, -0.25) is 14.5 Å². The molecule has 0 aromatic heterocycles. The second-order valence-electron chi connectivity index (χ2n) is 8.86. The van der Waals surface area contributed by atoms with Gasteiger partial charge in [0.25, 0.3) is 0 Å². The van der Waals surface area contributed by atoms with Gasteiger partial charge in [-0.2, -0.15) is 0 Å². The van der Waals surface area contributed by atoms with Crippen LogP contribution in [0.15, 0.2) is 0 Å². The largest absolute Gasteiger partial charge is 0.282 e. The minimum Gasteiger partial charge on any atom is -0.282 e. The number of carbonyl (C=O) groups is 2. The van der Waals surface area contributed by atoms with Crippen molar-refractivity contribution in [3.05, 3.63) is 0 Å². The van der Waals surface area contributed by atoms with E-state index in [1.165, 1.54) is 32.1 Å². The van der Waals surface area contributed by atoms with E-state index in [1.807, 2.05) is 20.8 Å². The summed E-state index contributed by atoms with van der Waals surface area (Å²) in [6.07, 6.45) is 7.50. The highest BCUT2D eigenvalue weighted by molar-refractivity contribution is 6.00. The second kappa shape index (κ2) is 4.82. The Morgan fingerprint density at radius 1 is 1.09 bits per heavy atom. The fourth-order valence-corrected chi connectivity index (χ4v) is 6.20. The van der Waals surface area contributed by atoms with Crippen molar-refractivity contribution in [2.45, 2.75) is 59.3 Å². The third-order valence-electron chi connectivity index (χ3n) is 7.64. The molecule has 3 nitrogen and oxygen atoms in total. The molecule has 2 amide bonds. The standard InChI is InChI=1S/C19H29NO2/c1-4-19(2,3)18(22)20-10-15-13-9-14(16(15)17(20)21)12-8-6-5-7-11(12)13/h11-16H,4-10H2,1-3H3. The van der Waals surface area contributed by atoms with Gasteiger partial charge in [0.05, 0.1) is 0 Å². The van der Waals surface area contributed by atoms with Gasteiger partial charge in [-0.15, -0.1) is 0 Å². The van der Waals surface area contributed by atoms with Gasteiger partial charge in [0.15, 0.2) is 0 Å². The maximum atomic E-state index is 13.0. The van der Waals surface area contributed by atoms with E-state index in [1.54, 1.807) is 4.90 Å². The number of hydrogen-bond acceptors (Lipinski definition) is 2. The Balaban J connectivity index is 1.58. The van der Waals surface area contributed by atoms with Crippen molar-refractivity contribution >= 4 is 11.8 Å². The molecule has 0 aromatic rings. The van der Waals surface area contributed by atoms with Crippen LogP contribution in [0.25, 0.3) is 0 Å². The zero-order chi connectivity index (χ0) is 15.6. The highest BCUT2D eigenvalue weighted by Crippen LogP contribution is 2.64. The molecule has 4 fully saturated rings. The van der Waals surface area contributed by atoms with E-state index < -0.39 is 5.41 Å². The normalized spacial score (nSPS) is 43.4. The highest BCUT2D eigenvalue weighted by Gasteiger charge is 2.64. The predicted molar refractivity (Wildman–Crippen MR) is 84.8 cm³/mol. The van der Waals surface area contributed by atoms with E-state index >= 15 is 0 Å². The predicted octanol–water partition coefficient (Wildman–Crippen LogP) is 3.48. The summed E-state index contributed by atoms with van der Waals surface area (Å²) < 4.78 is 0. The first-order valence-corrected chi connectivity index (χ1v) is 9.31. The number of hydrogen-bond donors (Lipinski definition) is 0. The van der Waals surface area contributed by atoms with Gasteiger partial charge in [-0.25, -0.2) is 0 Å². The molecule has 4 aliphatic rings. The third-order valence-corrected chi connectivity index (χ3v) is 7.64. The smallest absolute Gasteiger partial charge is 0.234 e. The average molecular weight is 303 g/mol. The Labute approximate surface area is 133 Å². The van der Waals surface area contributed by atoms with E-state index in [4.69, 9.17) is 0 Å². The summed E-state index contributed by atoms with van der Waals surface area (Å²) >= 11 is 0. The molecule has 0 radical (unpaired) electrons. The molecule has 3 saturated carbocycles. The van der Waals surface area contributed by atoms with E-state index in [0.29, 0.717) is 11.8 Å². The topological polar surface area (TPSA) is 37.4 Å². The van der Waals surface area contributed by atoms with E-state index in [0.717, 1.165) is 30.7 Å². The Morgan fingerprint density at radius 3 is 2.36 bits per heavy atom. The van der Waals surface area contributed by atoms with E-state index in [2.05, 4.69) is 0 Å². The monoisotopic (exact) mass is 303 g/mol. The number of fused-ring (bicyclic) bond motifs is 8. The first kappa shape index (κ1) is 14.7. The molecule has 6 atom stereocenters. The summed E-state index contributed by atoms with van der Waals surface area (Å²) in [5.41, 5.74) is -0.403. The lowest BCUT2D eigenvalue weighted by molar-refractivity contribution is -0.150. The van der Waals surface area contributed by atoms with Crippen LogP contribution < -0.4 is 0 Å². The lowest BCUT2D eigenvalue weighted by Gasteiger charge is -2.39. The Morgan fingerprint density at radius 2 is 1.73 bits per heavy atom. The van der Waals surface area contributed by atoms with Crippen molar-refractivity contribution in [2.75, 3.05) is 6.54 Å². The molecule has 3 heteroatoms. The molecule has 1 heterocycles. The van der Waals surface area contributed by atoms with Crippen LogP contribution in [0.3, 0.4) is 0 Å². The van der Waals surface area contributed by atoms with Crippen molar-refractivity contribution in [1.29, 1.82) is 0 Å². The fraction of sp³-hybridized carbons (Fsp3) is 0.895. The van der Waals surface area contributed by atoms with Crippen LogP contribution in [0.5, 0.6) is 0 Å². The molecule has 0 spiro atoms. The number of carbonyl (C=O) groups excluding carboxylic acids is 2. The van der Waals surface area contributed by atoms with Gasteiger partial charge in [0.2, 0.25) is 11.8 Å². The maximum Gasteiger partial charge on any atom is 0.234 e. The van der Waals surface area contributed by atoms with Gasteiger partial charge in [0, 0.05) is 17.9 Å². The summed E-state index contributed by atoms with van der Waals surface area (Å²) in [6, 6.07) is 0. The summed E-state index contributed by atoms with van der Waals surface area (Å²) in [7, 11) is 0. The van der Waals surface area contributed by atoms with Crippen molar-refractivity contribution in [1.82, 2.24) is 4.90 Å². The maximum absolute atomic E-state index is 13.0. The third kappa shape index (κ3) is 1.80. The van der Waals surface area contributed by atoms with Gasteiger partial charge >= 0.3 is 0 Å². The van der Waals surface area contributed by atoms with Crippen LogP contribution >= 0.6 is 0 Å². The molecule has 2 bridgehead atoms. The number of amides is 2. The average Bonchev–Trinajstić information content (AvgIpc) is 3.17. The van der Waals surface area contributed by atoms with Gasteiger partial charge in [0.1, 0.15) is 0 Å².